The SMILES string of the molecule is CCN(CC)CCOc1ccc2c(c1)CCN(S(=O)(=O)c1ccc(Oc3ccc(OC)cc3)cc1)C2C(=O)NO. The van der Waals surface area contributed by atoms with Crippen LogP contribution in [0.4, 0.5) is 0 Å². The van der Waals surface area contributed by atoms with E-state index in [9.17, 15) is 18.4 Å². The van der Waals surface area contributed by atoms with Gasteiger partial charge in [-0.3, -0.25) is 10.0 Å². The number of carbonyl (C=O) groups is 1. The van der Waals surface area contributed by atoms with Crippen molar-refractivity contribution in [3.63, 3.8) is 0 Å². The number of rotatable bonds is 12. The third kappa shape index (κ3) is 6.56. The number of sulfonamides is 1. The van der Waals surface area contributed by atoms with Crippen molar-refractivity contribution in [1.82, 2.24) is 14.7 Å². The first-order valence-electron chi connectivity index (χ1n) is 13.2. The molecule has 1 atom stereocenters. The average molecular weight is 570 g/mol. The molecule has 0 saturated carbocycles. The second-order valence-electron chi connectivity index (χ2n) is 9.23. The number of nitrogens with zero attached hydrogens (tertiary/aromatic N) is 2. The first-order chi connectivity index (χ1) is 19.3. The molecule has 10 nitrogen and oxygen atoms in total. The number of benzene rings is 3. The maximum absolute atomic E-state index is 13.7. The van der Waals surface area contributed by atoms with Gasteiger partial charge < -0.3 is 19.1 Å². The zero-order chi connectivity index (χ0) is 28.7. The third-order valence-corrected chi connectivity index (χ3v) is 8.83. The van der Waals surface area contributed by atoms with Crippen LogP contribution in [0, 0.1) is 0 Å². The molecule has 0 fully saturated rings. The van der Waals surface area contributed by atoms with E-state index in [4.69, 9.17) is 14.2 Å². The van der Waals surface area contributed by atoms with Crippen molar-refractivity contribution in [2.24, 2.45) is 0 Å². The van der Waals surface area contributed by atoms with E-state index in [0.717, 1.165) is 29.5 Å². The molecule has 1 amide bonds. The molecule has 0 radical (unpaired) electrons. The molecular formula is C29H35N3O7S. The van der Waals surface area contributed by atoms with E-state index in [1.54, 1.807) is 61.1 Å². The highest BCUT2D eigenvalue weighted by atomic mass is 32.2. The molecule has 0 bridgehead atoms. The van der Waals surface area contributed by atoms with Crippen molar-refractivity contribution < 1.29 is 32.6 Å². The van der Waals surface area contributed by atoms with Crippen LogP contribution in [-0.4, -0.2) is 68.6 Å². The number of amides is 1. The standard InChI is InChI=1S/C29H35N3O7S/c1-4-31(5-2)18-19-38-25-12-15-27-21(20-25)16-17-32(28(27)29(33)30-34)40(35,36)26-13-10-24(11-14-26)39-23-8-6-22(37-3)7-9-23/h6-15,20,28,34H,4-5,16-19H2,1-3H3,(H,30,33). The van der Waals surface area contributed by atoms with Crippen LogP contribution in [0.5, 0.6) is 23.0 Å². The van der Waals surface area contributed by atoms with Crippen LogP contribution in [0.1, 0.15) is 31.0 Å². The van der Waals surface area contributed by atoms with Crippen molar-refractivity contribution in [3.8, 4) is 23.0 Å². The first-order valence-corrected chi connectivity index (χ1v) is 14.6. The fourth-order valence-electron chi connectivity index (χ4n) is 4.69. The first kappa shape index (κ1) is 29.3. The van der Waals surface area contributed by atoms with Crippen LogP contribution in [0.2, 0.25) is 0 Å². The summed E-state index contributed by atoms with van der Waals surface area (Å²) in [5.74, 6) is 1.53. The Morgan fingerprint density at radius 1 is 0.975 bits per heavy atom. The zero-order valence-electron chi connectivity index (χ0n) is 22.9. The highest BCUT2D eigenvalue weighted by molar-refractivity contribution is 7.89. The van der Waals surface area contributed by atoms with Crippen LogP contribution in [0.15, 0.2) is 71.6 Å². The molecule has 1 unspecified atom stereocenters. The minimum Gasteiger partial charge on any atom is -0.497 e. The van der Waals surface area contributed by atoms with E-state index < -0.39 is 22.0 Å². The summed E-state index contributed by atoms with van der Waals surface area (Å²) in [4.78, 5) is 15.0. The molecule has 0 aromatic heterocycles. The number of likely N-dealkylation sites (N-methyl/N-ethyl adjacent to an activating group) is 1. The molecule has 0 spiro atoms. The number of ether oxygens (including phenoxy) is 3. The Morgan fingerprint density at radius 2 is 1.57 bits per heavy atom. The van der Waals surface area contributed by atoms with Gasteiger partial charge in [-0.2, -0.15) is 4.31 Å². The van der Waals surface area contributed by atoms with Gasteiger partial charge in [0.25, 0.3) is 5.91 Å². The van der Waals surface area contributed by atoms with E-state index in [2.05, 4.69) is 18.7 Å². The third-order valence-electron chi connectivity index (χ3n) is 6.95. The van der Waals surface area contributed by atoms with Gasteiger partial charge in [-0.25, -0.2) is 13.9 Å². The summed E-state index contributed by atoms with van der Waals surface area (Å²) in [6, 6.07) is 17.0. The summed E-state index contributed by atoms with van der Waals surface area (Å²) in [5.41, 5.74) is 2.93. The quantitative estimate of drug-likeness (QED) is 0.248. The number of carbonyl (C=O) groups excluding carboxylic acids is 1. The Hall–Kier alpha value is -3.64. The lowest BCUT2D eigenvalue weighted by Gasteiger charge is -2.35. The van der Waals surface area contributed by atoms with E-state index in [1.807, 2.05) is 6.07 Å². The minimum absolute atomic E-state index is 0.00475. The molecule has 1 heterocycles. The predicted octanol–water partition coefficient (Wildman–Crippen LogP) is 4.00. The maximum atomic E-state index is 13.7. The molecular weight excluding hydrogens is 534 g/mol. The fraction of sp³-hybridized carbons (Fsp3) is 0.345. The van der Waals surface area contributed by atoms with E-state index in [1.165, 1.54) is 12.1 Å². The van der Waals surface area contributed by atoms with Gasteiger partial charge in [0.15, 0.2) is 0 Å². The normalized spacial score (nSPS) is 15.4. The summed E-state index contributed by atoms with van der Waals surface area (Å²) in [7, 11) is -2.52. The number of methoxy groups -OCH3 is 1. The monoisotopic (exact) mass is 569 g/mol. The Labute approximate surface area is 235 Å². The second-order valence-corrected chi connectivity index (χ2v) is 11.1. The number of nitrogens with one attached hydrogen (secondary N) is 1. The van der Waals surface area contributed by atoms with Gasteiger partial charge in [-0.15, -0.1) is 0 Å². The maximum Gasteiger partial charge on any atom is 0.266 e. The van der Waals surface area contributed by atoms with E-state index >= 15 is 0 Å². The molecule has 214 valence electrons. The molecule has 3 aromatic rings. The molecule has 2 N–H and O–H groups in total. The van der Waals surface area contributed by atoms with Crippen LogP contribution >= 0.6 is 0 Å². The van der Waals surface area contributed by atoms with Crippen molar-refractivity contribution in [2.45, 2.75) is 31.2 Å². The minimum atomic E-state index is -4.09. The molecule has 0 aliphatic carbocycles. The fourth-order valence-corrected chi connectivity index (χ4v) is 6.26. The van der Waals surface area contributed by atoms with Gasteiger partial charge >= 0.3 is 0 Å². The van der Waals surface area contributed by atoms with Crippen LogP contribution in [0.25, 0.3) is 0 Å². The van der Waals surface area contributed by atoms with Crippen molar-refractivity contribution in [3.05, 3.63) is 77.9 Å². The largest absolute Gasteiger partial charge is 0.497 e. The van der Waals surface area contributed by atoms with Gasteiger partial charge in [0.1, 0.15) is 35.6 Å². The van der Waals surface area contributed by atoms with E-state index in [0.29, 0.717) is 41.6 Å². The smallest absolute Gasteiger partial charge is 0.266 e. The van der Waals surface area contributed by atoms with Crippen molar-refractivity contribution in [1.29, 1.82) is 0 Å². The van der Waals surface area contributed by atoms with Gasteiger partial charge in [-0.05, 0) is 91.3 Å². The van der Waals surface area contributed by atoms with Crippen molar-refractivity contribution in [2.75, 3.05) is 39.9 Å². The number of fused-ring (bicyclic) bond motifs is 1. The Kier molecular flexibility index (Phi) is 9.64. The Morgan fingerprint density at radius 3 is 2.17 bits per heavy atom. The number of hydrogen-bond acceptors (Lipinski definition) is 8. The summed E-state index contributed by atoms with van der Waals surface area (Å²) in [6.45, 7) is 7.42. The van der Waals surface area contributed by atoms with Crippen LogP contribution in [0.3, 0.4) is 0 Å². The van der Waals surface area contributed by atoms with Gasteiger partial charge in [-0.1, -0.05) is 19.9 Å². The summed E-state index contributed by atoms with van der Waals surface area (Å²) in [6.07, 6.45) is 0.385. The highest BCUT2D eigenvalue weighted by Crippen LogP contribution is 2.36. The van der Waals surface area contributed by atoms with Crippen molar-refractivity contribution >= 4 is 15.9 Å². The zero-order valence-corrected chi connectivity index (χ0v) is 23.7. The summed E-state index contributed by atoms with van der Waals surface area (Å²) in [5, 5.41) is 9.47. The highest BCUT2D eigenvalue weighted by Gasteiger charge is 2.40. The van der Waals surface area contributed by atoms with E-state index in [-0.39, 0.29) is 11.4 Å². The Bertz CT molecular complexity index is 1390. The summed E-state index contributed by atoms with van der Waals surface area (Å²) < 4.78 is 45.3. The van der Waals surface area contributed by atoms with Gasteiger partial charge in [0, 0.05) is 13.1 Å². The predicted molar refractivity (Wildman–Crippen MR) is 150 cm³/mol. The molecule has 0 saturated heterocycles. The number of hydroxylamine groups is 1. The Balaban J connectivity index is 1.52. The summed E-state index contributed by atoms with van der Waals surface area (Å²) >= 11 is 0. The average Bonchev–Trinajstić information content (AvgIpc) is 2.99. The molecule has 1 aliphatic heterocycles. The second kappa shape index (κ2) is 13.1. The lowest BCUT2D eigenvalue weighted by Crippen LogP contribution is -2.46. The van der Waals surface area contributed by atoms with Gasteiger partial charge in [0.05, 0.1) is 12.0 Å². The molecule has 40 heavy (non-hydrogen) atoms. The molecule has 1 aliphatic rings. The van der Waals surface area contributed by atoms with Crippen LogP contribution < -0.4 is 19.7 Å². The molecule has 3 aromatic carbocycles. The van der Waals surface area contributed by atoms with Gasteiger partial charge in [0.2, 0.25) is 10.0 Å². The molecule has 4 rings (SSSR count). The molecule has 11 heteroatoms. The lowest BCUT2D eigenvalue weighted by atomic mass is 9.93. The lowest BCUT2D eigenvalue weighted by molar-refractivity contribution is -0.133. The van der Waals surface area contributed by atoms with Crippen LogP contribution in [-0.2, 0) is 21.2 Å². The topological polar surface area (TPSA) is 118 Å². The number of hydrogen-bond donors (Lipinski definition) is 2.